The summed E-state index contributed by atoms with van der Waals surface area (Å²) in [5, 5.41) is 5.51. The van der Waals surface area contributed by atoms with Crippen LogP contribution in [0.3, 0.4) is 0 Å². The molecule has 55 valence electrons. The van der Waals surface area contributed by atoms with Crippen molar-refractivity contribution in [2.75, 3.05) is 0 Å². The summed E-state index contributed by atoms with van der Waals surface area (Å²) in [6, 6.07) is 10.5. The van der Waals surface area contributed by atoms with E-state index in [2.05, 4.69) is 41.2 Å². The Hall–Kier alpha value is -0.950. The maximum Gasteiger partial charge on any atom is 0.00755 e. The van der Waals surface area contributed by atoms with E-state index >= 15 is 0 Å². The fourth-order valence-corrected chi connectivity index (χ4v) is 2.45. The fourth-order valence-electron chi connectivity index (χ4n) is 1.04. The second kappa shape index (κ2) is 2.97. The van der Waals surface area contributed by atoms with Gasteiger partial charge in [-0.25, -0.2) is 0 Å². The lowest BCUT2D eigenvalue weighted by Gasteiger charge is -2.07. The summed E-state index contributed by atoms with van der Waals surface area (Å²) in [5.41, 5.74) is 0. The van der Waals surface area contributed by atoms with E-state index in [0.717, 1.165) is 0 Å². The lowest BCUT2D eigenvalue weighted by atomic mass is 10.4. The second-order valence-electron chi connectivity index (χ2n) is 2.34. The SMILES string of the molecule is [C]1=CC=C[SH]1c1ccccc1. The molecule has 1 aliphatic heterocycles. The highest BCUT2D eigenvalue weighted by Gasteiger charge is 2.00. The van der Waals surface area contributed by atoms with Gasteiger partial charge in [-0.2, -0.15) is 10.9 Å². The Morgan fingerprint density at radius 3 is 2.55 bits per heavy atom. The standard InChI is InChI=1S/C10H9S/c1-2-6-10(7-3-1)11-8-4-5-9-11/h1-8,11H. The monoisotopic (exact) mass is 161 g/mol. The van der Waals surface area contributed by atoms with Crippen LogP contribution in [0.5, 0.6) is 0 Å². The van der Waals surface area contributed by atoms with Crippen molar-refractivity contribution in [3.8, 4) is 0 Å². The molecule has 1 unspecified atom stereocenters. The molecule has 0 N–H and O–H groups in total. The van der Waals surface area contributed by atoms with E-state index in [4.69, 9.17) is 0 Å². The molecule has 0 nitrogen and oxygen atoms in total. The summed E-state index contributed by atoms with van der Waals surface area (Å²) < 4.78 is 0. The summed E-state index contributed by atoms with van der Waals surface area (Å²) in [5.74, 6) is 0. The first-order valence-electron chi connectivity index (χ1n) is 3.57. The second-order valence-corrected chi connectivity index (χ2v) is 4.16. The van der Waals surface area contributed by atoms with Crippen molar-refractivity contribution in [3.63, 3.8) is 0 Å². The Bertz CT molecular complexity index is 273. The van der Waals surface area contributed by atoms with E-state index in [0.29, 0.717) is 0 Å². The maximum atomic E-state index is 3.30. The predicted molar refractivity (Wildman–Crippen MR) is 50.6 cm³/mol. The van der Waals surface area contributed by atoms with Gasteiger partial charge in [0.15, 0.2) is 0 Å². The van der Waals surface area contributed by atoms with E-state index in [1.807, 2.05) is 12.1 Å². The van der Waals surface area contributed by atoms with Gasteiger partial charge in [-0.1, -0.05) is 24.3 Å². The van der Waals surface area contributed by atoms with Gasteiger partial charge < -0.3 is 0 Å². The third-order valence-electron chi connectivity index (χ3n) is 1.58. The van der Waals surface area contributed by atoms with Crippen LogP contribution in [0.1, 0.15) is 0 Å². The van der Waals surface area contributed by atoms with Crippen LogP contribution in [0.15, 0.2) is 52.8 Å². The molecule has 2 rings (SSSR count). The van der Waals surface area contributed by atoms with Crippen molar-refractivity contribution < 1.29 is 0 Å². The zero-order chi connectivity index (χ0) is 7.52. The summed E-state index contributed by atoms with van der Waals surface area (Å²) in [4.78, 5) is 1.38. The van der Waals surface area contributed by atoms with Gasteiger partial charge >= 0.3 is 0 Å². The zero-order valence-electron chi connectivity index (χ0n) is 6.07. The molecule has 0 saturated heterocycles. The average molecular weight is 161 g/mol. The minimum atomic E-state index is -0.226. The van der Waals surface area contributed by atoms with Gasteiger partial charge in [0.25, 0.3) is 0 Å². The van der Waals surface area contributed by atoms with Crippen molar-refractivity contribution in [3.05, 3.63) is 53.3 Å². The molecule has 1 radical (unpaired) electrons. The molecule has 1 aromatic carbocycles. The number of benzene rings is 1. The van der Waals surface area contributed by atoms with E-state index < -0.39 is 0 Å². The highest BCUT2D eigenvalue weighted by Crippen LogP contribution is 2.40. The van der Waals surface area contributed by atoms with E-state index in [1.54, 1.807) is 0 Å². The van der Waals surface area contributed by atoms with Gasteiger partial charge in [0.2, 0.25) is 0 Å². The molecule has 1 atom stereocenters. The molecule has 0 saturated carbocycles. The first-order valence-corrected chi connectivity index (χ1v) is 4.98. The van der Waals surface area contributed by atoms with Gasteiger partial charge in [0, 0.05) is 5.41 Å². The Kier molecular flexibility index (Phi) is 1.82. The molecule has 0 aliphatic carbocycles. The highest BCUT2D eigenvalue weighted by molar-refractivity contribution is 8.21. The molecule has 0 fully saturated rings. The number of rotatable bonds is 1. The minimum absolute atomic E-state index is 0.226. The van der Waals surface area contributed by atoms with Crippen LogP contribution in [0.4, 0.5) is 0 Å². The minimum Gasteiger partial charge on any atom is -0.178 e. The van der Waals surface area contributed by atoms with Gasteiger partial charge in [-0.15, -0.1) is 0 Å². The number of hydrogen-bond acceptors (Lipinski definition) is 0. The molecule has 0 aromatic heterocycles. The quantitative estimate of drug-likeness (QED) is 0.601. The van der Waals surface area contributed by atoms with Crippen LogP contribution in [0.2, 0.25) is 0 Å². The Balaban J connectivity index is 2.30. The topological polar surface area (TPSA) is 0 Å². The number of hydrogen-bond donors (Lipinski definition) is 1. The molecule has 1 aliphatic rings. The third-order valence-corrected chi connectivity index (χ3v) is 3.33. The van der Waals surface area contributed by atoms with Crippen LogP contribution in [-0.2, 0) is 0 Å². The average Bonchev–Trinajstić information content (AvgIpc) is 2.58. The molecule has 1 heteroatoms. The summed E-state index contributed by atoms with van der Waals surface area (Å²) in [6.45, 7) is 0. The highest BCUT2D eigenvalue weighted by atomic mass is 32.2. The summed E-state index contributed by atoms with van der Waals surface area (Å²) in [7, 11) is -0.226. The molecule has 0 spiro atoms. The van der Waals surface area contributed by atoms with E-state index in [1.165, 1.54) is 4.90 Å². The molecule has 11 heavy (non-hydrogen) atoms. The van der Waals surface area contributed by atoms with Crippen molar-refractivity contribution in [1.29, 1.82) is 0 Å². The molecular weight excluding hydrogens is 152 g/mol. The van der Waals surface area contributed by atoms with Crippen LogP contribution in [0.25, 0.3) is 0 Å². The lowest BCUT2D eigenvalue weighted by Crippen LogP contribution is -1.71. The van der Waals surface area contributed by atoms with Crippen LogP contribution >= 0.6 is 10.9 Å². The molecular formula is C10H9S. The summed E-state index contributed by atoms with van der Waals surface area (Å²) in [6.07, 6.45) is 4.07. The third kappa shape index (κ3) is 1.38. The van der Waals surface area contributed by atoms with Gasteiger partial charge in [0.05, 0.1) is 0 Å². The molecule has 0 amide bonds. The van der Waals surface area contributed by atoms with Gasteiger partial charge in [-0.3, -0.25) is 0 Å². The Labute approximate surface area is 69.6 Å². The van der Waals surface area contributed by atoms with Crippen molar-refractivity contribution in [1.82, 2.24) is 0 Å². The van der Waals surface area contributed by atoms with Crippen LogP contribution in [-0.4, -0.2) is 0 Å². The van der Waals surface area contributed by atoms with Gasteiger partial charge in [0.1, 0.15) is 0 Å². The van der Waals surface area contributed by atoms with Crippen LogP contribution < -0.4 is 0 Å². The smallest absolute Gasteiger partial charge is 0.00755 e. The normalized spacial score (nSPS) is 17.6. The number of allylic oxidation sites excluding steroid dienone is 2. The molecule has 1 heterocycles. The number of thiol groups is 1. The Morgan fingerprint density at radius 1 is 1.09 bits per heavy atom. The largest absolute Gasteiger partial charge is 0.178 e. The van der Waals surface area contributed by atoms with E-state index in [-0.39, 0.29) is 10.9 Å². The molecule has 1 aromatic rings. The zero-order valence-corrected chi connectivity index (χ0v) is 6.96. The first kappa shape index (κ1) is 6.74. The first-order chi connectivity index (χ1) is 5.47. The molecule has 0 bridgehead atoms. The predicted octanol–water partition coefficient (Wildman–Crippen LogP) is 2.89. The lowest BCUT2D eigenvalue weighted by molar-refractivity contribution is 1.46. The summed E-state index contributed by atoms with van der Waals surface area (Å²) >= 11 is 0. The van der Waals surface area contributed by atoms with Crippen molar-refractivity contribution >= 4 is 10.9 Å². The fraction of sp³-hybridized carbons (Fsp3) is 0. The van der Waals surface area contributed by atoms with Crippen molar-refractivity contribution in [2.24, 2.45) is 0 Å². The van der Waals surface area contributed by atoms with Gasteiger partial charge in [-0.05, 0) is 28.5 Å². The van der Waals surface area contributed by atoms with Crippen LogP contribution in [0, 0.1) is 5.41 Å². The van der Waals surface area contributed by atoms with Crippen molar-refractivity contribution in [2.45, 2.75) is 4.90 Å². The Morgan fingerprint density at radius 2 is 1.91 bits per heavy atom. The van der Waals surface area contributed by atoms with E-state index in [9.17, 15) is 0 Å². The maximum absolute atomic E-state index is 3.30.